The number of hydrogen-bond acceptors (Lipinski definition) is 6. The molecule has 0 radical (unpaired) electrons. The van der Waals surface area contributed by atoms with E-state index in [0.717, 1.165) is 5.56 Å². The lowest BCUT2D eigenvalue weighted by Crippen LogP contribution is -2.49. The van der Waals surface area contributed by atoms with Crippen molar-refractivity contribution in [3.63, 3.8) is 0 Å². The minimum absolute atomic E-state index is 0.143. The van der Waals surface area contributed by atoms with Crippen LogP contribution in [-0.4, -0.2) is 54.9 Å². The number of nitrogens with zero attached hydrogens (tertiary/aromatic N) is 2. The van der Waals surface area contributed by atoms with Crippen LogP contribution in [0, 0.1) is 0 Å². The first-order valence-corrected chi connectivity index (χ1v) is 8.73. The maximum Gasteiger partial charge on any atom is 0.243 e. The fraction of sp³-hybridized carbons (Fsp3) is 0.400. The summed E-state index contributed by atoms with van der Waals surface area (Å²) in [4.78, 5) is 0.201. The Morgan fingerprint density at radius 1 is 1.30 bits per heavy atom. The van der Waals surface area contributed by atoms with Gasteiger partial charge in [0.15, 0.2) is 5.76 Å². The second-order valence-corrected chi connectivity index (χ2v) is 7.35. The molecule has 0 bridgehead atoms. The van der Waals surface area contributed by atoms with Gasteiger partial charge in [-0.05, 0) is 31.2 Å². The molecule has 7 nitrogen and oxygen atoms in total. The first kappa shape index (κ1) is 16.1. The Bertz CT molecular complexity index is 741. The van der Waals surface area contributed by atoms with Gasteiger partial charge in [-0.2, -0.15) is 4.31 Å². The standard InChI is InChI=1S/C15H18N2O5S/c1-11(18)15-10-17(8-9-21-15)23(19,20)13-4-2-12(3-5-13)14-6-7-16-22-14/h2-7,11,15,18H,8-10H2,1H3. The summed E-state index contributed by atoms with van der Waals surface area (Å²) in [6, 6.07) is 8.15. The second kappa shape index (κ2) is 6.40. The van der Waals surface area contributed by atoms with E-state index in [1.54, 1.807) is 37.3 Å². The summed E-state index contributed by atoms with van der Waals surface area (Å²) in [5.74, 6) is 0.578. The Balaban J connectivity index is 1.82. The summed E-state index contributed by atoms with van der Waals surface area (Å²) in [7, 11) is -3.62. The average molecular weight is 338 g/mol. The molecule has 2 heterocycles. The van der Waals surface area contributed by atoms with Crippen LogP contribution in [0.15, 0.2) is 45.9 Å². The van der Waals surface area contributed by atoms with Crippen LogP contribution in [0.2, 0.25) is 0 Å². The number of sulfonamides is 1. The van der Waals surface area contributed by atoms with Gasteiger partial charge in [-0.1, -0.05) is 5.16 Å². The minimum atomic E-state index is -3.62. The van der Waals surface area contributed by atoms with E-state index in [1.165, 1.54) is 10.5 Å². The molecule has 0 aliphatic carbocycles. The van der Waals surface area contributed by atoms with Crippen LogP contribution in [0.1, 0.15) is 6.92 Å². The fourth-order valence-corrected chi connectivity index (χ4v) is 3.90. The molecule has 0 spiro atoms. The maximum atomic E-state index is 12.7. The third kappa shape index (κ3) is 3.30. The summed E-state index contributed by atoms with van der Waals surface area (Å²) in [6.45, 7) is 2.27. The minimum Gasteiger partial charge on any atom is -0.391 e. The predicted octanol–water partition coefficient (Wildman–Crippen LogP) is 1.11. The molecule has 2 unspecified atom stereocenters. The van der Waals surface area contributed by atoms with Crippen molar-refractivity contribution < 1.29 is 22.8 Å². The second-order valence-electron chi connectivity index (χ2n) is 5.41. The van der Waals surface area contributed by atoms with Crippen LogP contribution in [0.3, 0.4) is 0 Å². The summed E-state index contributed by atoms with van der Waals surface area (Å²) in [5, 5.41) is 13.2. The van der Waals surface area contributed by atoms with Crippen LogP contribution in [0.5, 0.6) is 0 Å². The van der Waals surface area contributed by atoms with Gasteiger partial charge in [-0.25, -0.2) is 8.42 Å². The van der Waals surface area contributed by atoms with E-state index < -0.39 is 22.2 Å². The van der Waals surface area contributed by atoms with Gasteiger partial charge in [0, 0.05) is 24.7 Å². The molecule has 3 rings (SSSR count). The third-order valence-corrected chi connectivity index (χ3v) is 5.69. The van der Waals surface area contributed by atoms with Gasteiger partial charge in [0.2, 0.25) is 10.0 Å². The molecule has 0 amide bonds. The van der Waals surface area contributed by atoms with Gasteiger partial charge >= 0.3 is 0 Å². The molecule has 8 heteroatoms. The molecular formula is C15H18N2O5S. The highest BCUT2D eigenvalue weighted by Gasteiger charge is 2.32. The number of benzene rings is 1. The van der Waals surface area contributed by atoms with Gasteiger partial charge in [0.25, 0.3) is 0 Å². The van der Waals surface area contributed by atoms with Gasteiger partial charge in [-0.3, -0.25) is 0 Å². The molecule has 2 aromatic rings. The normalized spacial score (nSPS) is 21.2. The number of rotatable bonds is 4. The number of hydrogen-bond donors (Lipinski definition) is 1. The Kier molecular flexibility index (Phi) is 4.49. The highest BCUT2D eigenvalue weighted by Crippen LogP contribution is 2.24. The van der Waals surface area contributed by atoms with Crippen molar-refractivity contribution in [1.82, 2.24) is 9.46 Å². The largest absolute Gasteiger partial charge is 0.391 e. The molecule has 1 fully saturated rings. The SMILES string of the molecule is CC(O)C1CN(S(=O)(=O)c2ccc(-c3ccno3)cc2)CCO1. The summed E-state index contributed by atoms with van der Waals surface area (Å²) >= 11 is 0. The first-order chi connectivity index (χ1) is 11.0. The summed E-state index contributed by atoms with van der Waals surface area (Å²) in [6.07, 6.45) is 0.304. The van der Waals surface area contributed by atoms with Crippen LogP contribution >= 0.6 is 0 Å². The zero-order chi connectivity index (χ0) is 16.4. The highest BCUT2D eigenvalue weighted by atomic mass is 32.2. The molecule has 0 saturated carbocycles. The van der Waals surface area contributed by atoms with Crippen molar-refractivity contribution in [2.45, 2.75) is 24.0 Å². The van der Waals surface area contributed by atoms with Crippen molar-refractivity contribution in [2.24, 2.45) is 0 Å². The van der Waals surface area contributed by atoms with Gasteiger partial charge in [-0.15, -0.1) is 0 Å². The third-order valence-electron chi connectivity index (χ3n) is 3.81. The summed E-state index contributed by atoms with van der Waals surface area (Å²) in [5.41, 5.74) is 0.755. The quantitative estimate of drug-likeness (QED) is 0.898. The van der Waals surface area contributed by atoms with Gasteiger partial charge in [0.05, 0.1) is 29.9 Å². The molecule has 2 atom stereocenters. The van der Waals surface area contributed by atoms with Crippen molar-refractivity contribution in [3.8, 4) is 11.3 Å². The lowest BCUT2D eigenvalue weighted by atomic mass is 10.2. The Morgan fingerprint density at radius 3 is 2.65 bits per heavy atom. The predicted molar refractivity (Wildman–Crippen MR) is 82.1 cm³/mol. The highest BCUT2D eigenvalue weighted by molar-refractivity contribution is 7.89. The summed E-state index contributed by atoms with van der Waals surface area (Å²) < 4.78 is 37.2. The van der Waals surface area contributed by atoms with Crippen LogP contribution in [0.4, 0.5) is 0 Å². The van der Waals surface area contributed by atoms with Crippen LogP contribution < -0.4 is 0 Å². The monoisotopic (exact) mass is 338 g/mol. The van der Waals surface area contributed by atoms with Crippen molar-refractivity contribution >= 4 is 10.0 Å². The van der Waals surface area contributed by atoms with E-state index >= 15 is 0 Å². The Labute approximate surface area is 134 Å². The van der Waals surface area contributed by atoms with Crippen LogP contribution in [-0.2, 0) is 14.8 Å². The zero-order valence-electron chi connectivity index (χ0n) is 12.6. The fourth-order valence-electron chi connectivity index (χ4n) is 2.47. The smallest absolute Gasteiger partial charge is 0.243 e. The first-order valence-electron chi connectivity index (χ1n) is 7.29. The van der Waals surface area contributed by atoms with E-state index in [4.69, 9.17) is 9.26 Å². The van der Waals surface area contributed by atoms with E-state index in [0.29, 0.717) is 5.76 Å². The molecule has 23 heavy (non-hydrogen) atoms. The number of morpholine rings is 1. The number of ether oxygens (including phenoxy) is 1. The number of aliphatic hydroxyl groups excluding tert-OH is 1. The molecule has 1 aromatic carbocycles. The maximum absolute atomic E-state index is 12.7. The molecular weight excluding hydrogens is 320 g/mol. The molecule has 1 aliphatic heterocycles. The average Bonchev–Trinajstić information content (AvgIpc) is 3.09. The number of aromatic nitrogens is 1. The molecule has 1 N–H and O–H groups in total. The van der Waals surface area contributed by atoms with Gasteiger partial charge in [0.1, 0.15) is 0 Å². The number of aliphatic hydroxyl groups is 1. The molecule has 1 aromatic heterocycles. The molecule has 1 saturated heterocycles. The molecule has 1 aliphatic rings. The molecule has 124 valence electrons. The Morgan fingerprint density at radius 2 is 2.04 bits per heavy atom. The van der Waals surface area contributed by atoms with E-state index in [1.807, 2.05) is 0 Å². The van der Waals surface area contributed by atoms with E-state index in [-0.39, 0.29) is 24.6 Å². The Hall–Kier alpha value is -1.74. The zero-order valence-corrected chi connectivity index (χ0v) is 13.4. The van der Waals surface area contributed by atoms with Crippen LogP contribution in [0.25, 0.3) is 11.3 Å². The van der Waals surface area contributed by atoms with Crippen molar-refractivity contribution in [3.05, 3.63) is 36.5 Å². The van der Waals surface area contributed by atoms with E-state index in [2.05, 4.69) is 5.16 Å². The van der Waals surface area contributed by atoms with Crippen molar-refractivity contribution in [1.29, 1.82) is 0 Å². The van der Waals surface area contributed by atoms with E-state index in [9.17, 15) is 13.5 Å². The lowest BCUT2D eigenvalue weighted by Gasteiger charge is -2.33. The topological polar surface area (TPSA) is 92.9 Å². The van der Waals surface area contributed by atoms with Crippen molar-refractivity contribution in [2.75, 3.05) is 19.7 Å². The lowest BCUT2D eigenvalue weighted by molar-refractivity contribution is -0.0645. The van der Waals surface area contributed by atoms with Gasteiger partial charge < -0.3 is 14.4 Å².